The van der Waals surface area contributed by atoms with E-state index < -0.39 is 0 Å². The van der Waals surface area contributed by atoms with Crippen molar-refractivity contribution >= 4 is 5.69 Å². The van der Waals surface area contributed by atoms with Gasteiger partial charge in [-0.3, -0.25) is 0 Å². The number of aryl methyl sites for hydroxylation is 1. The molecule has 0 unspecified atom stereocenters. The van der Waals surface area contributed by atoms with Gasteiger partial charge in [-0.05, 0) is 37.3 Å². The zero-order valence-corrected chi connectivity index (χ0v) is 11.2. The van der Waals surface area contributed by atoms with Gasteiger partial charge in [0.25, 0.3) is 0 Å². The first-order chi connectivity index (χ1) is 7.65. The van der Waals surface area contributed by atoms with Gasteiger partial charge in [0.05, 0.1) is 0 Å². The van der Waals surface area contributed by atoms with Gasteiger partial charge in [0, 0.05) is 18.8 Å². The minimum Gasteiger partial charge on any atom is -0.372 e. The molecule has 16 heavy (non-hydrogen) atoms. The van der Waals surface area contributed by atoms with E-state index in [1.807, 2.05) is 0 Å². The van der Waals surface area contributed by atoms with E-state index in [4.69, 9.17) is 0 Å². The molecule has 0 atom stereocenters. The Bertz CT molecular complexity index is 301. The number of hydrogen-bond donors (Lipinski definition) is 0. The highest BCUT2D eigenvalue weighted by molar-refractivity contribution is 5.55. The maximum atomic E-state index is 2.46. The van der Waals surface area contributed by atoms with Crippen LogP contribution in [0.1, 0.15) is 39.7 Å². The van der Waals surface area contributed by atoms with Gasteiger partial charge in [-0.25, -0.2) is 0 Å². The van der Waals surface area contributed by atoms with E-state index in [2.05, 4.69) is 56.9 Å². The Morgan fingerprint density at radius 1 is 1.19 bits per heavy atom. The molecule has 0 saturated heterocycles. The third-order valence-corrected chi connectivity index (χ3v) is 2.59. The number of fused-ring (bicyclic) bond motifs is 1. The standard InChI is InChI=1S/C11H15N.C4H10/c1-2-12-9-5-7-10-6-3-4-8-11(10)12;1-4(2)3/h3-4,6,8H,2,5,7,9H2,1H3;4H,1-3H3. The summed E-state index contributed by atoms with van der Waals surface area (Å²) in [6.07, 6.45) is 2.57. The summed E-state index contributed by atoms with van der Waals surface area (Å²) < 4.78 is 0. The van der Waals surface area contributed by atoms with Crippen LogP contribution in [-0.4, -0.2) is 13.1 Å². The second-order valence-corrected chi connectivity index (χ2v) is 5.04. The molecule has 0 radical (unpaired) electrons. The molecule has 90 valence electrons. The highest BCUT2D eigenvalue weighted by Crippen LogP contribution is 2.25. The van der Waals surface area contributed by atoms with Crippen molar-refractivity contribution < 1.29 is 0 Å². The Kier molecular flexibility index (Phi) is 5.37. The van der Waals surface area contributed by atoms with Gasteiger partial charge < -0.3 is 4.90 Å². The van der Waals surface area contributed by atoms with Gasteiger partial charge in [0.1, 0.15) is 0 Å². The van der Waals surface area contributed by atoms with Crippen LogP contribution in [0.2, 0.25) is 0 Å². The van der Waals surface area contributed by atoms with Gasteiger partial charge in [0.15, 0.2) is 0 Å². The molecule has 1 nitrogen and oxygen atoms in total. The Morgan fingerprint density at radius 3 is 2.44 bits per heavy atom. The van der Waals surface area contributed by atoms with Crippen molar-refractivity contribution in [3.05, 3.63) is 29.8 Å². The van der Waals surface area contributed by atoms with Crippen molar-refractivity contribution in [2.75, 3.05) is 18.0 Å². The highest BCUT2D eigenvalue weighted by atomic mass is 15.1. The van der Waals surface area contributed by atoms with Gasteiger partial charge in [0.2, 0.25) is 0 Å². The van der Waals surface area contributed by atoms with E-state index in [9.17, 15) is 0 Å². The van der Waals surface area contributed by atoms with E-state index in [1.54, 1.807) is 0 Å². The summed E-state index contributed by atoms with van der Waals surface area (Å²) in [6.45, 7) is 11.1. The number of nitrogens with zero attached hydrogens (tertiary/aromatic N) is 1. The average Bonchev–Trinajstić information content (AvgIpc) is 2.27. The molecule has 2 rings (SSSR count). The first-order valence-electron chi connectivity index (χ1n) is 6.48. The van der Waals surface area contributed by atoms with Crippen molar-refractivity contribution in [3.63, 3.8) is 0 Å². The lowest BCUT2D eigenvalue weighted by atomic mass is 10.0. The zero-order valence-electron chi connectivity index (χ0n) is 11.2. The van der Waals surface area contributed by atoms with E-state index in [0.717, 1.165) is 12.5 Å². The second kappa shape index (κ2) is 6.57. The van der Waals surface area contributed by atoms with Crippen LogP contribution in [0.5, 0.6) is 0 Å². The predicted octanol–water partition coefficient (Wildman–Crippen LogP) is 4.12. The number of benzene rings is 1. The van der Waals surface area contributed by atoms with Crippen LogP contribution < -0.4 is 4.90 Å². The summed E-state index contributed by atoms with van der Waals surface area (Å²) in [5, 5.41) is 0. The molecular formula is C15H25N. The molecule has 0 fully saturated rings. The lowest BCUT2D eigenvalue weighted by Crippen LogP contribution is -2.28. The minimum absolute atomic E-state index is 0.833. The fourth-order valence-corrected chi connectivity index (χ4v) is 1.94. The van der Waals surface area contributed by atoms with Crippen molar-refractivity contribution in [1.29, 1.82) is 0 Å². The predicted molar refractivity (Wildman–Crippen MR) is 73.2 cm³/mol. The molecule has 0 N–H and O–H groups in total. The van der Waals surface area contributed by atoms with E-state index >= 15 is 0 Å². The summed E-state index contributed by atoms with van der Waals surface area (Å²) in [6, 6.07) is 8.75. The van der Waals surface area contributed by atoms with E-state index in [0.29, 0.717) is 0 Å². The quantitative estimate of drug-likeness (QED) is 0.686. The third-order valence-electron chi connectivity index (χ3n) is 2.59. The molecule has 0 bridgehead atoms. The number of rotatable bonds is 1. The number of para-hydroxylation sites is 1. The molecule has 1 heterocycles. The molecule has 0 amide bonds. The number of anilines is 1. The molecule has 0 aliphatic carbocycles. The highest BCUT2D eigenvalue weighted by Gasteiger charge is 2.13. The smallest absolute Gasteiger partial charge is 0.0398 e. The maximum absolute atomic E-state index is 2.46. The molecular weight excluding hydrogens is 194 g/mol. The monoisotopic (exact) mass is 219 g/mol. The minimum atomic E-state index is 0.833. The van der Waals surface area contributed by atoms with E-state index in [-0.39, 0.29) is 0 Å². The van der Waals surface area contributed by atoms with Crippen molar-refractivity contribution in [2.24, 2.45) is 5.92 Å². The number of hydrogen-bond acceptors (Lipinski definition) is 1. The van der Waals surface area contributed by atoms with Gasteiger partial charge in [-0.15, -0.1) is 0 Å². The van der Waals surface area contributed by atoms with Crippen molar-refractivity contribution in [1.82, 2.24) is 0 Å². The van der Waals surface area contributed by atoms with Gasteiger partial charge >= 0.3 is 0 Å². The third kappa shape index (κ3) is 3.88. The summed E-state index contributed by atoms with van der Waals surface area (Å²) >= 11 is 0. The topological polar surface area (TPSA) is 3.24 Å². The van der Waals surface area contributed by atoms with Crippen LogP contribution in [-0.2, 0) is 6.42 Å². The Hall–Kier alpha value is -0.980. The Balaban J connectivity index is 0.000000280. The molecule has 0 aromatic heterocycles. The molecule has 0 spiro atoms. The fourth-order valence-electron chi connectivity index (χ4n) is 1.94. The molecule has 1 aliphatic rings. The lowest BCUT2D eigenvalue weighted by Gasteiger charge is -2.29. The van der Waals surface area contributed by atoms with E-state index in [1.165, 1.54) is 30.6 Å². The summed E-state index contributed by atoms with van der Waals surface area (Å²) in [4.78, 5) is 2.46. The van der Waals surface area contributed by atoms with Crippen LogP contribution in [0.4, 0.5) is 5.69 Å². The fraction of sp³-hybridized carbons (Fsp3) is 0.600. The summed E-state index contributed by atoms with van der Waals surface area (Å²) in [7, 11) is 0. The SMILES string of the molecule is CC(C)C.CCN1CCCc2ccccc21. The van der Waals surface area contributed by atoms with Crippen LogP contribution in [0, 0.1) is 5.92 Å². The largest absolute Gasteiger partial charge is 0.372 e. The van der Waals surface area contributed by atoms with Gasteiger partial charge in [-0.2, -0.15) is 0 Å². The van der Waals surface area contributed by atoms with Crippen LogP contribution >= 0.6 is 0 Å². The Labute approximate surface area is 100 Å². The van der Waals surface area contributed by atoms with Crippen molar-refractivity contribution in [3.8, 4) is 0 Å². The molecule has 1 heteroatoms. The lowest BCUT2D eigenvalue weighted by molar-refractivity contribution is 0.708. The first kappa shape index (κ1) is 13.1. The average molecular weight is 219 g/mol. The van der Waals surface area contributed by atoms with Crippen LogP contribution in [0.15, 0.2) is 24.3 Å². The molecule has 1 aliphatic heterocycles. The molecule has 0 saturated carbocycles. The maximum Gasteiger partial charge on any atom is 0.0398 e. The normalized spacial score (nSPS) is 14.2. The Morgan fingerprint density at radius 2 is 1.81 bits per heavy atom. The summed E-state index contributed by atoms with van der Waals surface area (Å²) in [5.74, 6) is 0.833. The summed E-state index contributed by atoms with van der Waals surface area (Å²) in [5.41, 5.74) is 2.97. The second-order valence-electron chi connectivity index (χ2n) is 5.04. The molecule has 1 aromatic carbocycles. The van der Waals surface area contributed by atoms with Crippen LogP contribution in [0.25, 0.3) is 0 Å². The van der Waals surface area contributed by atoms with Crippen LogP contribution in [0.3, 0.4) is 0 Å². The first-order valence-corrected chi connectivity index (χ1v) is 6.48. The van der Waals surface area contributed by atoms with Crippen molar-refractivity contribution in [2.45, 2.75) is 40.5 Å². The molecule has 1 aromatic rings. The van der Waals surface area contributed by atoms with Gasteiger partial charge in [-0.1, -0.05) is 39.0 Å². The zero-order chi connectivity index (χ0) is 12.0.